The van der Waals surface area contributed by atoms with Crippen LogP contribution in [0.5, 0.6) is 0 Å². The second-order valence-corrected chi connectivity index (χ2v) is 6.76. The molecule has 1 aliphatic rings. The van der Waals surface area contributed by atoms with Gasteiger partial charge in [0, 0.05) is 29.4 Å². The Balaban J connectivity index is 1.80. The molecule has 1 atom stereocenters. The van der Waals surface area contributed by atoms with E-state index in [1.807, 2.05) is 38.1 Å². The van der Waals surface area contributed by atoms with Crippen LogP contribution in [0.2, 0.25) is 0 Å². The number of rotatable bonds is 3. The van der Waals surface area contributed by atoms with Gasteiger partial charge >= 0.3 is 0 Å². The second kappa shape index (κ2) is 7.12. The van der Waals surface area contributed by atoms with Crippen LogP contribution in [-0.4, -0.2) is 41.6 Å². The van der Waals surface area contributed by atoms with Crippen molar-refractivity contribution in [3.63, 3.8) is 0 Å². The molecular formula is C21H22N2O3. The number of amides is 2. The summed E-state index contributed by atoms with van der Waals surface area (Å²) in [7, 11) is 0. The molecule has 2 aromatic carbocycles. The Kier molecular flexibility index (Phi) is 4.89. The average molecular weight is 350 g/mol. The van der Waals surface area contributed by atoms with Gasteiger partial charge in [-0.3, -0.25) is 14.4 Å². The number of carbonyl (C=O) groups is 3. The summed E-state index contributed by atoms with van der Waals surface area (Å²) in [6.07, 6.45) is 0. The first-order valence-electron chi connectivity index (χ1n) is 8.66. The lowest BCUT2D eigenvalue weighted by atomic mass is 10.0. The Morgan fingerprint density at radius 2 is 1.69 bits per heavy atom. The summed E-state index contributed by atoms with van der Waals surface area (Å²) in [5.74, 6) is -0.423. The first-order chi connectivity index (χ1) is 12.4. The van der Waals surface area contributed by atoms with Crippen molar-refractivity contribution in [2.45, 2.75) is 26.8 Å². The Labute approximate surface area is 153 Å². The number of nitrogens with zero attached hydrogens (tertiary/aromatic N) is 2. The normalized spacial score (nSPS) is 17.3. The van der Waals surface area contributed by atoms with Gasteiger partial charge in [0.1, 0.15) is 6.54 Å². The van der Waals surface area contributed by atoms with Crippen LogP contribution in [0, 0.1) is 6.92 Å². The van der Waals surface area contributed by atoms with Gasteiger partial charge in [0.15, 0.2) is 5.78 Å². The van der Waals surface area contributed by atoms with Gasteiger partial charge in [0.2, 0.25) is 5.91 Å². The Morgan fingerprint density at radius 3 is 2.35 bits per heavy atom. The number of ketones is 1. The van der Waals surface area contributed by atoms with Crippen LogP contribution in [0.1, 0.15) is 40.1 Å². The molecule has 2 amide bonds. The van der Waals surface area contributed by atoms with Crippen LogP contribution in [0.15, 0.2) is 48.5 Å². The van der Waals surface area contributed by atoms with E-state index in [1.165, 1.54) is 6.92 Å². The molecule has 2 aromatic rings. The van der Waals surface area contributed by atoms with E-state index in [2.05, 4.69) is 0 Å². The van der Waals surface area contributed by atoms with Crippen LogP contribution in [0.3, 0.4) is 0 Å². The molecule has 0 spiro atoms. The molecule has 0 unspecified atom stereocenters. The lowest BCUT2D eigenvalue weighted by Gasteiger charge is -2.39. The van der Waals surface area contributed by atoms with E-state index >= 15 is 0 Å². The van der Waals surface area contributed by atoms with Crippen LogP contribution < -0.4 is 4.90 Å². The molecule has 0 aliphatic carbocycles. The Morgan fingerprint density at radius 1 is 1.04 bits per heavy atom. The van der Waals surface area contributed by atoms with Crippen molar-refractivity contribution in [3.05, 3.63) is 65.2 Å². The van der Waals surface area contributed by atoms with Crippen LogP contribution in [0.4, 0.5) is 5.69 Å². The van der Waals surface area contributed by atoms with Gasteiger partial charge in [0.05, 0.1) is 0 Å². The second-order valence-electron chi connectivity index (χ2n) is 6.76. The van der Waals surface area contributed by atoms with E-state index in [4.69, 9.17) is 0 Å². The molecule has 0 saturated carbocycles. The summed E-state index contributed by atoms with van der Waals surface area (Å²) < 4.78 is 0. The molecule has 0 N–H and O–H groups in total. The molecule has 134 valence electrons. The molecule has 1 fully saturated rings. The highest BCUT2D eigenvalue weighted by atomic mass is 16.2. The predicted octanol–water partition coefficient (Wildman–Crippen LogP) is 3.08. The SMILES string of the molecule is CC(=O)c1cccc(C(=O)N2CC(=O)N(c3ccc(C)cc3)C[C@@H]2C)c1. The third kappa shape index (κ3) is 3.52. The minimum Gasteiger partial charge on any atom is -0.325 e. The van der Waals surface area contributed by atoms with Gasteiger partial charge < -0.3 is 9.80 Å². The van der Waals surface area contributed by atoms with Crippen molar-refractivity contribution in [3.8, 4) is 0 Å². The maximum Gasteiger partial charge on any atom is 0.254 e. The molecule has 26 heavy (non-hydrogen) atoms. The third-order valence-corrected chi connectivity index (χ3v) is 4.71. The number of anilines is 1. The first kappa shape index (κ1) is 17.9. The number of Topliss-reactive ketones (excluding diaryl/α,β-unsaturated/α-hetero) is 1. The third-order valence-electron chi connectivity index (χ3n) is 4.71. The van der Waals surface area contributed by atoms with E-state index in [1.54, 1.807) is 34.1 Å². The van der Waals surface area contributed by atoms with E-state index in [0.717, 1.165) is 11.3 Å². The van der Waals surface area contributed by atoms with Gasteiger partial charge in [-0.2, -0.15) is 0 Å². The van der Waals surface area contributed by atoms with Gasteiger partial charge in [-0.1, -0.05) is 29.8 Å². The Hall–Kier alpha value is -2.95. The molecule has 1 saturated heterocycles. The van der Waals surface area contributed by atoms with Crippen LogP contribution >= 0.6 is 0 Å². The highest BCUT2D eigenvalue weighted by Crippen LogP contribution is 2.22. The summed E-state index contributed by atoms with van der Waals surface area (Å²) >= 11 is 0. The zero-order valence-corrected chi connectivity index (χ0v) is 15.2. The fraction of sp³-hybridized carbons (Fsp3) is 0.286. The molecular weight excluding hydrogens is 328 g/mol. The first-order valence-corrected chi connectivity index (χ1v) is 8.66. The lowest BCUT2D eigenvalue weighted by molar-refractivity contribution is -0.121. The molecule has 5 nitrogen and oxygen atoms in total. The Bertz CT molecular complexity index is 858. The van der Waals surface area contributed by atoms with Gasteiger partial charge in [-0.15, -0.1) is 0 Å². The minimum absolute atomic E-state index is 0.0260. The van der Waals surface area contributed by atoms with Crippen molar-refractivity contribution in [1.82, 2.24) is 4.90 Å². The topological polar surface area (TPSA) is 57.7 Å². The molecule has 0 bridgehead atoms. The fourth-order valence-electron chi connectivity index (χ4n) is 3.13. The molecule has 1 aliphatic heterocycles. The van der Waals surface area contributed by atoms with Crippen molar-refractivity contribution in [2.24, 2.45) is 0 Å². The van der Waals surface area contributed by atoms with Crippen LogP contribution in [0.25, 0.3) is 0 Å². The summed E-state index contributed by atoms with van der Waals surface area (Å²) in [5.41, 5.74) is 2.90. The highest BCUT2D eigenvalue weighted by Gasteiger charge is 2.33. The van der Waals surface area contributed by atoms with Crippen LogP contribution in [-0.2, 0) is 4.79 Å². The smallest absolute Gasteiger partial charge is 0.254 e. The zero-order valence-electron chi connectivity index (χ0n) is 15.2. The van der Waals surface area contributed by atoms with E-state index in [-0.39, 0.29) is 30.2 Å². The van der Waals surface area contributed by atoms with E-state index in [9.17, 15) is 14.4 Å². The zero-order chi connectivity index (χ0) is 18.8. The largest absolute Gasteiger partial charge is 0.325 e. The molecule has 1 heterocycles. The molecule has 3 rings (SSSR count). The summed E-state index contributed by atoms with van der Waals surface area (Å²) in [4.78, 5) is 40.3. The van der Waals surface area contributed by atoms with Gasteiger partial charge in [-0.25, -0.2) is 0 Å². The summed E-state index contributed by atoms with van der Waals surface area (Å²) in [6.45, 7) is 5.87. The number of hydrogen-bond donors (Lipinski definition) is 0. The number of carbonyl (C=O) groups excluding carboxylic acids is 3. The number of hydrogen-bond acceptors (Lipinski definition) is 3. The van der Waals surface area contributed by atoms with Gasteiger partial charge in [0.25, 0.3) is 5.91 Å². The molecule has 5 heteroatoms. The fourth-order valence-corrected chi connectivity index (χ4v) is 3.13. The lowest BCUT2D eigenvalue weighted by Crippen LogP contribution is -2.57. The minimum atomic E-state index is -0.225. The van der Waals surface area contributed by atoms with E-state index in [0.29, 0.717) is 17.7 Å². The monoisotopic (exact) mass is 350 g/mol. The highest BCUT2D eigenvalue weighted by molar-refractivity contribution is 6.03. The van der Waals surface area contributed by atoms with Crippen molar-refractivity contribution >= 4 is 23.3 Å². The number of benzene rings is 2. The number of piperazine rings is 1. The van der Waals surface area contributed by atoms with Crippen molar-refractivity contribution in [2.75, 3.05) is 18.0 Å². The predicted molar refractivity (Wildman–Crippen MR) is 100 cm³/mol. The van der Waals surface area contributed by atoms with Crippen molar-refractivity contribution < 1.29 is 14.4 Å². The van der Waals surface area contributed by atoms with Crippen molar-refractivity contribution in [1.29, 1.82) is 0 Å². The quantitative estimate of drug-likeness (QED) is 0.800. The average Bonchev–Trinajstić information content (AvgIpc) is 2.63. The summed E-state index contributed by atoms with van der Waals surface area (Å²) in [5, 5.41) is 0. The molecule has 0 radical (unpaired) electrons. The van der Waals surface area contributed by atoms with E-state index < -0.39 is 0 Å². The maximum absolute atomic E-state index is 12.9. The maximum atomic E-state index is 12.9. The number of aryl methyl sites for hydroxylation is 1. The molecule has 0 aromatic heterocycles. The summed E-state index contributed by atoms with van der Waals surface area (Å²) in [6, 6.07) is 14.3. The standard InChI is InChI=1S/C21H22N2O3/c1-14-7-9-19(10-8-14)23-12-15(2)22(13-20(23)25)21(26)18-6-4-5-17(11-18)16(3)24/h4-11,15H,12-13H2,1-3H3/t15-/m0/s1. The van der Waals surface area contributed by atoms with Gasteiger partial charge in [-0.05, 0) is 45.0 Å².